The summed E-state index contributed by atoms with van der Waals surface area (Å²) in [5.74, 6) is 0.308. The van der Waals surface area contributed by atoms with Crippen molar-refractivity contribution in [3.8, 4) is 0 Å². The molecule has 3 aromatic rings. The lowest BCUT2D eigenvalue weighted by Crippen LogP contribution is -2.19. The largest absolute Gasteiger partial charge is 0.332 e. The first-order chi connectivity index (χ1) is 14.0. The number of hydrogen-bond donors (Lipinski definition) is 3. The lowest BCUT2D eigenvalue weighted by Gasteiger charge is -2.11. The number of carbonyl (C=O) groups is 1. The van der Waals surface area contributed by atoms with Gasteiger partial charge in [-0.15, -0.1) is 11.8 Å². The molecule has 0 saturated carbocycles. The van der Waals surface area contributed by atoms with Gasteiger partial charge in [0.2, 0.25) is 5.91 Å². The van der Waals surface area contributed by atoms with Crippen LogP contribution in [0.4, 0.5) is 17.1 Å². The summed E-state index contributed by atoms with van der Waals surface area (Å²) in [5, 5.41) is 9.80. The predicted molar refractivity (Wildman–Crippen MR) is 128 cm³/mol. The molecule has 6 heteroatoms. The Morgan fingerprint density at radius 2 is 1.45 bits per heavy atom. The Bertz CT molecular complexity index is 986. The molecule has 3 aromatic carbocycles. The SMILES string of the molecule is Cc1cc(C)cc(NC(=O)CSc2cccc(NC(=S)Nc3ccccc3)c2)c1. The molecule has 1 amide bonds. The molecule has 0 aromatic heterocycles. The maximum atomic E-state index is 12.3. The molecule has 3 N–H and O–H groups in total. The van der Waals surface area contributed by atoms with E-state index in [1.165, 1.54) is 11.8 Å². The van der Waals surface area contributed by atoms with Crippen LogP contribution in [0.2, 0.25) is 0 Å². The van der Waals surface area contributed by atoms with E-state index in [0.29, 0.717) is 10.9 Å². The van der Waals surface area contributed by atoms with Gasteiger partial charge >= 0.3 is 0 Å². The summed E-state index contributed by atoms with van der Waals surface area (Å²) in [6.45, 7) is 4.04. The van der Waals surface area contributed by atoms with Gasteiger partial charge in [-0.2, -0.15) is 0 Å². The van der Waals surface area contributed by atoms with Crippen LogP contribution in [0, 0.1) is 13.8 Å². The van der Waals surface area contributed by atoms with Crippen molar-refractivity contribution in [3.05, 3.63) is 83.9 Å². The Hall–Kier alpha value is -2.83. The van der Waals surface area contributed by atoms with Crippen LogP contribution in [0.25, 0.3) is 0 Å². The zero-order valence-corrected chi connectivity index (χ0v) is 18.0. The highest BCUT2D eigenvalue weighted by atomic mass is 32.2. The third kappa shape index (κ3) is 6.93. The topological polar surface area (TPSA) is 53.2 Å². The molecule has 0 radical (unpaired) electrons. The van der Waals surface area contributed by atoms with Crippen LogP contribution >= 0.6 is 24.0 Å². The summed E-state index contributed by atoms with van der Waals surface area (Å²) in [5.41, 5.74) is 4.90. The second-order valence-corrected chi connectivity index (χ2v) is 8.14. The Kier molecular flexibility index (Phi) is 7.27. The minimum atomic E-state index is -0.0281. The number of anilines is 3. The zero-order valence-electron chi connectivity index (χ0n) is 16.4. The van der Waals surface area contributed by atoms with Gasteiger partial charge < -0.3 is 16.0 Å². The third-order valence-corrected chi connectivity index (χ3v) is 5.20. The fraction of sp³-hybridized carbons (Fsp3) is 0.130. The highest BCUT2D eigenvalue weighted by molar-refractivity contribution is 8.00. The summed E-state index contributed by atoms with van der Waals surface area (Å²) in [7, 11) is 0. The van der Waals surface area contributed by atoms with Crippen LogP contribution in [0.15, 0.2) is 77.7 Å². The van der Waals surface area contributed by atoms with E-state index in [1.54, 1.807) is 0 Å². The van der Waals surface area contributed by atoms with E-state index in [2.05, 4.69) is 22.0 Å². The average Bonchev–Trinajstić information content (AvgIpc) is 2.66. The van der Waals surface area contributed by atoms with E-state index in [9.17, 15) is 4.79 Å². The van der Waals surface area contributed by atoms with Gasteiger partial charge in [-0.05, 0) is 79.7 Å². The summed E-state index contributed by atoms with van der Waals surface area (Å²) >= 11 is 6.85. The molecule has 0 bridgehead atoms. The molecule has 0 aliphatic rings. The number of thiocarbonyl (C=S) groups is 1. The number of para-hydroxylation sites is 1. The molecular weight excluding hydrogens is 398 g/mol. The Labute approximate surface area is 181 Å². The molecule has 0 unspecified atom stereocenters. The van der Waals surface area contributed by atoms with Gasteiger partial charge in [0.25, 0.3) is 0 Å². The van der Waals surface area contributed by atoms with Crippen LogP contribution in [-0.2, 0) is 4.79 Å². The van der Waals surface area contributed by atoms with Crippen molar-refractivity contribution in [1.29, 1.82) is 0 Å². The Balaban J connectivity index is 1.52. The number of amides is 1. The second-order valence-electron chi connectivity index (χ2n) is 6.69. The van der Waals surface area contributed by atoms with Crippen molar-refractivity contribution in [2.75, 3.05) is 21.7 Å². The number of nitrogens with one attached hydrogen (secondary N) is 3. The van der Waals surface area contributed by atoms with Gasteiger partial charge in [-0.25, -0.2) is 0 Å². The maximum absolute atomic E-state index is 12.3. The van der Waals surface area contributed by atoms with Gasteiger partial charge in [0.15, 0.2) is 5.11 Å². The second kappa shape index (κ2) is 10.1. The smallest absolute Gasteiger partial charge is 0.234 e. The first-order valence-corrected chi connectivity index (χ1v) is 10.6. The molecule has 4 nitrogen and oxygen atoms in total. The number of carbonyl (C=O) groups excluding carboxylic acids is 1. The van der Waals surface area contributed by atoms with Gasteiger partial charge in [-0.3, -0.25) is 4.79 Å². The van der Waals surface area contributed by atoms with Gasteiger partial charge in [-0.1, -0.05) is 30.3 Å². The monoisotopic (exact) mass is 421 g/mol. The van der Waals surface area contributed by atoms with Crippen molar-refractivity contribution in [1.82, 2.24) is 0 Å². The van der Waals surface area contributed by atoms with Gasteiger partial charge in [0, 0.05) is 22.0 Å². The Morgan fingerprint density at radius 1 is 0.793 bits per heavy atom. The highest BCUT2D eigenvalue weighted by Crippen LogP contribution is 2.22. The quantitative estimate of drug-likeness (QED) is 0.345. The summed E-state index contributed by atoms with van der Waals surface area (Å²) in [6, 6.07) is 23.6. The molecule has 148 valence electrons. The summed E-state index contributed by atoms with van der Waals surface area (Å²) in [6.07, 6.45) is 0. The summed E-state index contributed by atoms with van der Waals surface area (Å²) in [4.78, 5) is 13.3. The number of aryl methyl sites for hydroxylation is 2. The highest BCUT2D eigenvalue weighted by Gasteiger charge is 2.06. The van der Waals surface area contributed by atoms with Crippen molar-refractivity contribution in [2.45, 2.75) is 18.7 Å². The molecule has 0 saturated heterocycles. The number of benzene rings is 3. The van der Waals surface area contributed by atoms with Crippen molar-refractivity contribution in [2.24, 2.45) is 0 Å². The van der Waals surface area contributed by atoms with Crippen LogP contribution in [0.5, 0.6) is 0 Å². The van der Waals surface area contributed by atoms with E-state index >= 15 is 0 Å². The molecule has 0 aliphatic carbocycles. The minimum absolute atomic E-state index is 0.0281. The first kappa shape index (κ1) is 20.9. The molecule has 0 aliphatic heterocycles. The lowest BCUT2D eigenvalue weighted by atomic mass is 10.1. The van der Waals surface area contributed by atoms with E-state index in [0.717, 1.165) is 33.1 Å². The molecular formula is C23H23N3OS2. The van der Waals surface area contributed by atoms with Crippen molar-refractivity contribution >= 4 is 52.1 Å². The maximum Gasteiger partial charge on any atom is 0.234 e. The van der Waals surface area contributed by atoms with Crippen molar-refractivity contribution < 1.29 is 4.79 Å². The molecule has 0 fully saturated rings. The molecule has 0 spiro atoms. The number of thioether (sulfide) groups is 1. The predicted octanol–water partition coefficient (Wildman–Crippen LogP) is 5.84. The van der Waals surface area contributed by atoms with E-state index in [1.807, 2.05) is 80.6 Å². The number of hydrogen-bond acceptors (Lipinski definition) is 3. The summed E-state index contributed by atoms with van der Waals surface area (Å²) < 4.78 is 0. The molecule has 29 heavy (non-hydrogen) atoms. The van der Waals surface area contributed by atoms with Crippen molar-refractivity contribution in [3.63, 3.8) is 0 Å². The zero-order chi connectivity index (χ0) is 20.6. The first-order valence-electron chi connectivity index (χ1n) is 9.22. The standard InChI is InChI=1S/C23H23N3OS2/c1-16-11-17(2)13-20(12-16)24-22(27)15-29-21-10-6-9-19(14-21)26-23(28)25-18-7-4-3-5-8-18/h3-14H,15H2,1-2H3,(H,24,27)(H2,25,26,28). The van der Waals surface area contributed by atoms with Crippen LogP contribution in [0.3, 0.4) is 0 Å². The fourth-order valence-electron chi connectivity index (χ4n) is 2.87. The van der Waals surface area contributed by atoms with E-state index in [-0.39, 0.29) is 5.91 Å². The fourth-order valence-corrected chi connectivity index (χ4v) is 3.86. The van der Waals surface area contributed by atoms with E-state index < -0.39 is 0 Å². The minimum Gasteiger partial charge on any atom is -0.332 e. The average molecular weight is 422 g/mol. The van der Waals surface area contributed by atoms with E-state index in [4.69, 9.17) is 12.2 Å². The van der Waals surface area contributed by atoms with Crippen LogP contribution in [-0.4, -0.2) is 16.8 Å². The normalized spacial score (nSPS) is 10.3. The third-order valence-electron chi connectivity index (χ3n) is 4.00. The van der Waals surface area contributed by atoms with Gasteiger partial charge in [0.1, 0.15) is 0 Å². The van der Waals surface area contributed by atoms with Gasteiger partial charge in [0.05, 0.1) is 5.75 Å². The van der Waals surface area contributed by atoms with Crippen LogP contribution in [0.1, 0.15) is 11.1 Å². The molecule has 0 atom stereocenters. The number of rotatable bonds is 6. The lowest BCUT2D eigenvalue weighted by molar-refractivity contribution is -0.113. The Morgan fingerprint density at radius 3 is 2.17 bits per heavy atom. The molecule has 3 rings (SSSR count). The van der Waals surface area contributed by atoms with Crippen LogP contribution < -0.4 is 16.0 Å². The molecule has 0 heterocycles.